The van der Waals surface area contributed by atoms with Crippen molar-refractivity contribution >= 4 is 17.3 Å². The Morgan fingerprint density at radius 3 is 2.86 bits per heavy atom. The lowest BCUT2D eigenvalue weighted by atomic mass is 10.2. The van der Waals surface area contributed by atoms with E-state index in [0.717, 1.165) is 22.6 Å². The van der Waals surface area contributed by atoms with Crippen LogP contribution in [0.15, 0.2) is 55.2 Å². The first-order valence-electron chi connectivity index (χ1n) is 6.66. The van der Waals surface area contributed by atoms with Crippen LogP contribution in [0.2, 0.25) is 5.02 Å². The summed E-state index contributed by atoms with van der Waals surface area (Å²) in [6, 6.07) is 9.87. The number of benzene rings is 1. The summed E-state index contributed by atoms with van der Waals surface area (Å²) in [5.41, 5.74) is 4.00. The van der Waals surface area contributed by atoms with Crippen LogP contribution in [-0.4, -0.2) is 14.5 Å². The normalized spacial score (nSPS) is 10.6. The molecule has 21 heavy (non-hydrogen) atoms. The molecule has 0 atom stereocenters. The van der Waals surface area contributed by atoms with Crippen molar-refractivity contribution in [3.05, 3.63) is 71.5 Å². The highest BCUT2D eigenvalue weighted by atomic mass is 35.5. The van der Waals surface area contributed by atoms with Crippen LogP contribution < -0.4 is 5.32 Å². The van der Waals surface area contributed by atoms with E-state index in [1.54, 1.807) is 12.5 Å². The summed E-state index contributed by atoms with van der Waals surface area (Å²) in [6.45, 7) is 2.67. The second-order valence-corrected chi connectivity index (χ2v) is 5.17. The number of pyridine rings is 1. The molecule has 106 valence electrons. The number of nitrogens with one attached hydrogen (secondary N) is 1. The molecule has 0 aliphatic heterocycles. The zero-order valence-corrected chi connectivity index (χ0v) is 12.4. The third-order valence-corrected chi connectivity index (χ3v) is 3.51. The maximum absolute atomic E-state index is 6.32. The zero-order chi connectivity index (χ0) is 14.7. The van der Waals surface area contributed by atoms with Gasteiger partial charge in [-0.25, -0.2) is 4.98 Å². The number of nitrogens with zero attached hydrogens (tertiary/aromatic N) is 3. The van der Waals surface area contributed by atoms with Crippen molar-refractivity contribution in [2.75, 3.05) is 5.32 Å². The van der Waals surface area contributed by atoms with Gasteiger partial charge in [0.2, 0.25) is 0 Å². The van der Waals surface area contributed by atoms with Crippen LogP contribution in [0.3, 0.4) is 0 Å². The molecule has 0 fully saturated rings. The summed E-state index contributed by atoms with van der Waals surface area (Å²) >= 11 is 6.32. The highest BCUT2D eigenvalue weighted by molar-refractivity contribution is 6.33. The van der Waals surface area contributed by atoms with Gasteiger partial charge in [-0.3, -0.25) is 4.98 Å². The summed E-state index contributed by atoms with van der Waals surface area (Å²) in [4.78, 5) is 8.38. The van der Waals surface area contributed by atoms with E-state index in [2.05, 4.69) is 21.4 Å². The zero-order valence-electron chi connectivity index (χ0n) is 11.6. The van der Waals surface area contributed by atoms with Gasteiger partial charge in [-0.05, 0) is 30.7 Å². The fraction of sp³-hybridized carbons (Fsp3) is 0.125. The largest absolute Gasteiger partial charge is 0.379 e. The van der Waals surface area contributed by atoms with Crippen molar-refractivity contribution in [3.8, 4) is 5.69 Å². The number of aromatic nitrogens is 3. The number of anilines is 1. The number of hydrogen-bond acceptors (Lipinski definition) is 3. The second kappa shape index (κ2) is 5.97. The molecule has 0 unspecified atom stereocenters. The van der Waals surface area contributed by atoms with E-state index in [4.69, 9.17) is 11.6 Å². The molecule has 0 aliphatic rings. The molecular weight excluding hydrogens is 284 g/mol. The van der Waals surface area contributed by atoms with Gasteiger partial charge in [-0.15, -0.1) is 0 Å². The van der Waals surface area contributed by atoms with E-state index >= 15 is 0 Å². The van der Waals surface area contributed by atoms with Crippen LogP contribution in [0.1, 0.15) is 11.3 Å². The van der Waals surface area contributed by atoms with Crippen molar-refractivity contribution in [2.24, 2.45) is 0 Å². The Morgan fingerprint density at radius 1 is 1.24 bits per heavy atom. The van der Waals surface area contributed by atoms with Gasteiger partial charge >= 0.3 is 0 Å². The average molecular weight is 299 g/mol. The average Bonchev–Trinajstić information content (AvgIpc) is 3.00. The van der Waals surface area contributed by atoms with Crippen LogP contribution in [0.5, 0.6) is 0 Å². The Labute approximate surface area is 128 Å². The second-order valence-electron chi connectivity index (χ2n) is 4.77. The van der Waals surface area contributed by atoms with E-state index in [-0.39, 0.29) is 0 Å². The monoisotopic (exact) mass is 298 g/mol. The minimum absolute atomic E-state index is 0.681. The first-order chi connectivity index (χ1) is 10.2. The lowest BCUT2D eigenvalue weighted by Gasteiger charge is -2.14. The summed E-state index contributed by atoms with van der Waals surface area (Å²) in [5, 5.41) is 4.09. The molecule has 0 aliphatic carbocycles. The van der Waals surface area contributed by atoms with Crippen molar-refractivity contribution in [1.29, 1.82) is 0 Å². The SMILES string of the molecule is Cc1ccc(CNc2cccc(Cl)c2-n2ccnc2)cn1. The van der Waals surface area contributed by atoms with Crippen molar-refractivity contribution in [1.82, 2.24) is 14.5 Å². The van der Waals surface area contributed by atoms with E-state index in [9.17, 15) is 0 Å². The summed E-state index contributed by atoms with van der Waals surface area (Å²) < 4.78 is 1.90. The fourth-order valence-corrected chi connectivity index (χ4v) is 2.38. The van der Waals surface area contributed by atoms with Gasteiger partial charge in [-0.2, -0.15) is 0 Å². The Morgan fingerprint density at radius 2 is 2.14 bits per heavy atom. The van der Waals surface area contributed by atoms with Gasteiger partial charge in [0.05, 0.1) is 22.7 Å². The van der Waals surface area contributed by atoms with Crippen molar-refractivity contribution in [2.45, 2.75) is 13.5 Å². The molecule has 2 heterocycles. The highest BCUT2D eigenvalue weighted by Crippen LogP contribution is 2.28. The van der Waals surface area contributed by atoms with Crippen LogP contribution in [0, 0.1) is 6.92 Å². The van der Waals surface area contributed by atoms with E-state index < -0.39 is 0 Å². The molecule has 3 rings (SSSR count). The molecule has 2 aromatic heterocycles. The first kappa shape index (κ1) is 13.6. The van der Waals surface area contributed by atoms with E-state index in [1.165, 1.54) is 0 Å². The van der Waals surface area contributed by atoms with Gasteiger partial charge in [-0.1, -0.05) is 23.7 Å². The Balaban J connectivity index is 1.86. The molecule has 0 amide bonds. The van der Waals surface area contributed by atoms with Crippen LogP contribution >= 0.6 is 11.6 Å². The third kappa shape index (κ3) is 3.06. The number of para-hydroxylation sites is 1. The Kier molecular flexibility index (Phi) is 3.88. The van der Waals surface area contributed by atoms with Crippen LogP contribution in [-0.2, 0) is 6.54 Å². The molecule has 0 spiro atoms. The quantitative estimate of drug-likeness (QED) is 0.796. The molecule has 1 aromatic carbocycles. The molecular formula is C16H15ClN4. The molecule has 3 aromatic rings. The van der Waals surface area contributed by atoms with E-state index in [1.807, 2.05) is 48.1 Å². The van der Waals surface area contributed by atoms with Crippen molar-refractivity contribution in [3.63, 3.8) is 0 Å². The number of rotatable bonds is 4. The maximum atomic E-state index is 6.32. The number of imidazole rings is 1. The standard InChI is InChI=1S/C16H15ClN4/c1-12-5-6-13(9-19-12)10-20-15-4-2-3-14(17)16(15)21-8-7-18-11-21/h2-9,11,20H,10H2,1H3. The first-order valence-corrected chi connectivity index (χ1v) is 7.04. The Bertz CT molecular complexity index is 721. The van der Waals surface area contributed by atoms with Gasteiger partial charge in [0, 0.05) is 30.8 Å². The molecule has 1 N–H and O–H groups in total. The minimum atomic E-state index is 0.681. The van der Waals surface area contributed by atoms with Crippen molar-refractivity contribution < 1.29 is 0 Å². The summed E-state index contributed by atoms with van der Waals surface area (Å²) in [5.74, 6) is 0. The smallest absolute Gasteiger partial charge is 0.0992 e. The molecule has 0 saturated heterocycles. The van der Waals surface area contributed by atoms with Gasteiger partial charge < -0.3 is 9.88 Å². The van der Waals surface area contributed by atoms with E-state index in [0.29, 0.717) is 11.6 Å². The lowest BCUT2D eigenvalue weighted by Crippen LogP contribution is -2.04. The molecule has 5 heteroatoms. The predicted octanol–water partition coefficient (Wildman–Crippen LogP) is 3.84. The number of aryl methyl sites for hydroxylation is 1. The maximum Gasteiger partial charge on any atom is 0.0992 e. The minimum Gasteiger partial charge on any atom is -0.379 e. The summed E-state index contributed by atoms with van der Waals surface area (Å²) in [7, 11) is 0. The molecule has 0 bridgehead atoms. The topological polar surface area (TPSA) is 42.7 Å². The Hall–Kier alpha value is -2.33. The number of halogens is 1. The third-order valence-electron chi connectivity index (χ3n) is 3.20. The molecule has 0 saturated carbocycles. The fourth-order valence-electron chi connectivity index (χ4n) is 2.11. The predicted molar refractivity (Wildman–Crippen MR) is 84.9 cm³/mol. The highest BCUT2D eigenvalue weighted by Gasteiger charge is 2.08. The van der Waals surface area contributed by atoms with Gasteiger partial charge in [0.25, 0.3) is 0 Å². The lowest BCUT2D eigenvalue weighted by molar-refractivity contribution is 1.03. The van der Waals surface area contributed by atoms with Gasteiger partial charge in [0.15, 0.2) is 0 Å². The number of hydrogen-bond donors (Lipinski definition) is 1. The molecule has 4 nitrogen and oxygen atoms in total. The van der Waals surface area contributed by atoms with Crippen LogP contribution in [0.4, 0.5) is 5.69 Å². The molecule has 0 radical (unpaired) electrons. The van der Waals surface area contributed by atoms with Gasteiger partial charge in [0.1, 0.15) is 0 Å². The summed E-state index contributed by atoms with van der Waals surface area (Å²) in [6.07, 6.45) is 7.22. The van der Waals surface area contributed by atoms with Crippen LogP contribution in [0.25, 0.3) is 5.69 Å².